The van der Waals surface area contributed by atoms with Crippen LogP contribution in [-0.4, -0.2) is 50.9 Å². The number of fused-ring (bicyclic) bond motifs is 1. The van der Waals surface area contributed by atoms with E-state index in [1.807, 2.05) is 9.47 Å². The molecule has 1 aromatic rings. The normalized spacial score (nSPS) is 23.5. The van der Waals surface area contributed by atoms with Crippen molar-refractivity contribution in [3.63, 3.8) is 0 Å². The Morgan fingerprint density at radius 3 is 2.75 bits per heavy atom. The highest BCUT2D eigenvalue weighted by atomic mass is 16.5. The van der Waals surface area contributed by atoms with E-state index in [9.17, 15) is 4.79 Å². The van der Waals surface area contributed by atoms with Gasteiger partial charge in [0.25, 0.3) is 5.91 Å². The second-order valence-corrected chi connectivity index (χ2v) is 7.35. The van der Waals surface area contributed by atoms with Crippen molar-refractivity contribution in [2.24, 2.45) is 0 Å². The van der Waals surface area contributed by atoms with Crippen molar-refractivity contribution < 1.29 is 9.53 Å². The molecule has 0 radical (unpaired) electrons. The summed E-state index contributed by atoms with van der Waals surface area (Å²) in [6.45, 7) is 5.29. The summed E-state index contributed by atoms with van der Waals surface area (Å²) in [4.78, 5) is 14.9. The van der Waals surface area contributed by atoms with Gasteiger partial charge in [-0.05, 0) is 39.0 Å². The quantitative estimate of drug-likeness (QED) is 0.742. The number of carbonyl (C=O) groups is 1. The van der Waals surface area contributed by atoms with Gasteiger partial charge in [0.2, 0.25) is 5.82 Å². The van der Waals surface area contributed by atoms with E-state index < -0.39 is 0 Å². The Balaban J connectivity index is 1.47. The molecule has 3 aliphatic heterocycles. The average Bonchev–Trinajstić information content (AvgIpc) is 2.83. The number of rotatable bonds is 1. The Hall–Kier alpha value is -1.69. The monoisotopic (exact) mass is 330 g/mol. The predicted octanol–water partition coefficient (Wildman–Crippen LogP) is 2.35. The van der Waals surface area contributed by atoms with Gasteiger partial charge < -0.3 is 14.2 Å². The van der Waals surface area contributed by atoms with Crippen LogP contribution in [0.3, 0.4) is 0 Å². The molecule has 0 aliphatic carbocycles. The third kappa shape index (κ3) is 2.88. The van der Waals surface area contributed by atoms with Gasteiger partial charge in [0.05, 0.1) is 12.2 Å². The molecule has 1 saturated heterocycles. The van der Waals surface area contributed by atoms with Crippen molar-refractivity contribution in [2.45, 2.75) is 64.0 Å². The van der Waals surface area contributed by atoms with Crippen molar-refractivity contribution in [2.75, 3.05) is 19.7 Å². The fourth-order valence-electron chi connectivity index (χ4n) is 4.14. The number of amides is 1. The summed E-state index contributed by atoms with van der Waals surface area (Å²) in [5.74, 6) is 1.53. The molecule has 3 aliphatic rings. The van der Waals surface area contributed by atoms with Gasteiger partial charge in [-0.1, -0.05) is 18.1 Å². The maximum Gasteiger partial charge on any atom is 0.291 e. The lowest BCUT2D eigenvalue weighted by atomic mass is 9.87. The zero-order valence-electron chi connectivity index (χ0n) is 14.5. The van der Waals surface area contributed by atoms with Gasteiger partial charge >= 0.3 is 0 Å². The molecule has 1 amide bonds. The van der Waals surface area contributed by atoms with E-state index in [2.05, 4.69) is 23.2 Å². The SMILES string of the molecule is CC1=CC2(CCN(C(=O)c3nnc4n3CCCCC4)CC2)OCC1. The first-order valence-electron chi connectivity index (χ1n) is 9.21. The van der Waals surface area contributed by atoms with E-state index in [1.165, 1.54) is 12.0 Å². The number of aryl methyl sites for hydroxylation is 1. The van der Waals surface area contributed by atoms with Crippen LogP contribution in [0.15, 0.2) is 11.6 Å². The van der Waals surface area contributed by atoms with Crippen LogP contribution in [0.5, 0.6) is 0 Å². The molecule has 130 valence electrons. The fraction of sp³-hybridized carbons (Fsp3) is 0.722. The first kappa shape index (κ1) is 15.8. The number of carbonyl (C=O) groups excluding carboxylic acids is 1. The number of hydrogen-bond acceptors (Lipinski definition) is 4. The van der Waals surface area contributed by atoms with Crippen LogP contribution in [0, 0.1) is 0 Å². The molecule has 24 heavy (non-hydrogen) atoms. The topological polar surface area (TPSA) is 60.2 Å². The van der Waals surface area contributed by atoms with Crippen LogP contribution < -0.4 is 0 Å². The van der Waals surface area contributed by atoms with E-state index in [-0.39, 0.29) is 11.5 Å². The maximum absolute atomic E-state index is 12.9. The van der Waals surface area contributed by atoms with Crippen LogP contribution in [0.25, 0.3) is 0 Å². The van der Waals surface area contributed by atoms with Gasteiger partial charge in [-0.15, -0.1) is 10.2 Å². The number of piperidine rings is 1. The van der Waals surface area contributed by atoms with Crippen LogP contribution in [0.4, 0.5) is 0 Å². The second kappa shape index (κ2) is 6.31. The molecule has 1 aromatic heterocycles. The zero-order chi connectivity index (χ0) is 16.6. The van der Waals surface area contributed by atoms with Crippen LogP contribution in [0.1, 0.15) is 61.9 Å². The lowest BCUT2D eigenvalue weighted by molar-refractivity contribution is -0.0524. The van der Waals surface area contributed by atoms with Crippen molar-refractivity contribution >= 4 is 5.91 Å². The Morgan fingerprint density at radius 1 is 1.12 bits per heavy atom. The summed E-state index contributed by atoms with van der Waals surface area (Å²) in [6, 6.07) is 0. The number of aromatic nitrogens is 3. The number of likely N-dealkylation sites (tertiary alicyclic amines) is 1. The molecule has 0 N–H and O–H groups in total. The number of hydrogen-bond donors (Lipinski definition) is 0. The summed E-state index contributed by atoms with van der Waals surface area (Å²) >= 11 is 0. The summed E-state index contributed by atoms with van der Waals surface area (Å²) in [7, 11) is 0. The van der Waals surface area contributed by atoms with E-state index in [1.54, 1.807) is 0 Å². The minimum Gasteiger partial charge on any atom is -0.370 e. The summed E-state index contributed by atoms with van der Waals surface area (Å²) in [6.07, 6.45) is 9.42. The fourth-order valence-corrected chi connectivity index (χ4v) is 4.14. The minimum absolute atomic E-state index is 0.0296. The molecule has 6 nitrogen and oxygen atoms in total. The molecule has 1 fully saturated rings. The summed E-state index contributed by atoms with van der Waals surface area (Å²) < 4.78 is 8.10. The highest BCUT2D eigenvalue weighted by Gasteiger charge is 2.38. The molecule has 0 saturated carbocycles. The van der Waals surface area contributed by atoms with E-state index in [0.717, 1.165) is 70.6 Å². The van der Waals surface area contributed by atoms with Crippen molar-refractivity contribution in [1.82, 2.24) is 19.7 Å². The molecule has 4 heterocycles. The lowest BCUT2D eigenvalue weighted by Gasteiger charge is -2.42. The Morgan fingerprint density at radius 2 is 1.96 bits per heavy atom. The molecular weight excluding hydrogens is 304 g/mol. The van der Waals surface area contributed by atoms with Gasteiger partial charge in [0.15, 0.2) is 0 Å². The predicted molar refractivity (Wildman–Crippen MR) is 89.8 cm³/mol. The average molecular weight is 330 g/mol. The largest absolute Gasteiger partial charge is 0.370 e. The smallest absolute Gasteiger partial charge is 0.291 e. The second-order valence-electron chi connectivity index (χ2n) is 7.35. The number of nitrogens with zero attached hydrogens (tertiary/aromatic N) is 4. The highest BCUT2D eigenvalue weighted by Crippen LogP contribution is 2.33. The molecule has 0 aromatic carbocycles. The molecule has 0 unspecified atom stereocenters. The first-order chi connectivity index (χ1) is 11.7. The van der Waals surface area contributed by atoms with Crippen molar-refractivity contribution in [1.29, 1.82) is 0 Å². The molecule has 1 spiro atoms. The van der Waals surface area contributed by atoms with E-state index in [0.29, 0.717) is 5.82 Å². The van der Waals surface area contributed by atoms with Crippen LogP contribution >= 0.6 is 0 Å². The van der Waals surface area contributed by atoms with Crippen molar-refractivity contribution in [3.8, 4) is 0 Å². The van der Waals surface area contributed by atoms with E-state index >= 15 is 0 Å². The number of ether oxygens (including phenoxy) is 1. The maximum atomic E-state index is 12.9. The molecule has 4 rings (SSSR count). The van der Waals surface area contributed by atoms with Gasteiger partial charge in [0, 0.05) is 26.1 Å². The summed E-state index contributed by atoms with van der Waals surface area (Å²) in [5.41, 5.74) is 1.25. The third-order valence-corrected chi connectivity index (χ3v) is 5.59. The van der Waals surface area contributed by atoms with Gasteiger partial charge in [-0.3, -0.25) is 4.79 Å². The molecule has 0 bridgehead atoms. The Labute approximate surface area is 142 Å². The lowest BCUT2D eigenvalue weighted by Crippen LogP contribution is -2.48. The zero-order valence-corrected chi connectivity index (χ0v) is 14.5. The minimum atomic E-state index is -0.152. The molecular formula is C18H26N4O2. The first-order valence-corrected chi connectivity index (χ1v) is 9.21. The van der Waals surface area contributed by atoms with E-state index in [4.69, 9.17) is 4.74 Å². The van der Waals surface area contributed by atoms with Crippen LogP contribution in [-0.2, 0) is 17.7 Å². The van der Waals surface area contributed by atoms with Gasteiger partial charge in [-0.25, -0.2) is 0 Å². The Kier molecular flexibility index (Phi) is 4.16. The van der Waals surface area contributed by atoms with Gasteiger partial charge in [-0.2, -0.15) is 0 Å². The third-order valence-electron chi connectivity index (χ3n) is 5.59. The molecule has 0 atom stereocenters. The highest BCUT2D eigenvalue weighted by molar-refractivity contribution is 5.90. The van der Waals surface area contributed by atoms with Crippen molar-refractivity contribution in [3.05, 3.63) is 23.3 Å². The Bertz CT molecular complexity index is 656. The standard InChI is InChI=1S/C18H26N4O2/c1-14-6-12-24-18(13-14)7-10-21(11-8-18)17(23)16-20-19-15-5-3-2-4-9-22(15)16/h13H,2-12H2,1H3. The van der Waals surface area contributed by atoms with Gasteiger partial charge in [0.1, 0.15) is 5.82 Å². The molecule has 6 heteroatoms. The summed E-state index contributed by atoms with van der Waals surface area (Å²) in [5, 5.41) is 8.47. The van der Waals surface area contributed by atoms with Crippen LogP contribution in [0.2, 0.25) is 0 Å².